The van der Waals surface area contributed by atoms with Gasteiger partial charge in [-0.25, -0.2) is 4.79 Å². The third kappa shape index (κ3) is 8.99. The fourth-order valence-corrected chi connectivity index (χ4v) is 3.45. The van der Waals surface area contributed by atoms with E-state index < -0.39 is 29.1 Å². The van der Waals surface area contributed by atoms with Crippen molar-refractivity contribution in [1.29, 1.82) is 0 Å². The zero-order valence-corrected chi connectivity index (χ0v) is 19.6. The van der Waals surface area contributed by atoms with E-state index in [0.29, 0.717) is 16.9 Å². The summed E-state index contributed by atoms with van der Waals surface area (Å²) in [4.78, 5) is 45.5. The molecule has 0 aliphatic carbocycles. The Labute approximate surface area is 186 Å². The van der Waals surface area contributed by atoms with E-state index in [-0.39, 0.29) is 32.0 Å². The molecule has 1 aromatic heterocycles. The van der Waals surface area contributed by atoms with E-state index in [1.807, 2.05) is 13.8 Å². The van der Waals surface area contributed by atoms with Crippen molar-refractivity contribution >= 4 is 29.6 Å². The van der Waals surface area contributed by atoms with E-state index in [0.717, 1.165) is 11.8 Å². The van der Waals surface area contributed by atoms with Crippen LogP contribution in [0, 0.1) is 5.92 Å². The molecule has 0 radical (unpaired) electrons. The predicted molar refractivity (Wildman–Crippen MR) is 114 cm³/mol. The van der Waals surface area contributed by atoms with Gasteiger partial charge in [-0.3, -0.25) is 9.59 Å². The van der Waals surface area contributed by atoms with Crippen molar-refractivity contribution < 1.29 is 33.3 Å². The molecule has 0 aliphatic rings. The van der Waals surface area contributed by atoms with Crippen LogP contribution in [-0.4, -0.2) is 66.5 Å². The smallest absolute Gasteiger partial charge is 0.328 e. The Kier molecular flexibility index (Phi) is 11.7. The second kappa shape index (κ2) is 13.7. The molecule has 174 valence electrons. The van der Waals surface area contributed by atoms with Crippen LogP contribution in [0.3, 0.4) is 0 Å². The van der Waals surface area contributed by atoms with Crippen LogP contribution in [0.1, 0.15) is 40.5 Å². The van der Waals surface area contributed by atoms with Crippen molar-refractivity contribution in [3.63, 3.8) is 0 Å². The van der Waals surface area contributed by atoms with Gasteiger partial charge in [-0.15, -0.1) is 0 Å². The van der Waals surface area contributed by atoms with Gasteiger partial charge in [-0.2, -0.15) is 9.97 Å². The Balaban J connectivity index is 2.98. The van der Waals surface area contributed by atoms with Crippen molar-refractivity contribution in [1.82, 2.24) is 15.3 Å². The molecular formula is C20H31N3O7S. The topological polar surface area (TPSA) is 126 Å². The van der Waals surface area contributed by atoms with E-state index in [4.69, 9.17) is 18.9 Å². The SMILES string of the molecule is CCOC(=O)CC[C@H](NC(=O)C(Sc1nc(OC)cc(OC)n1)C(C)C)C(=O)OCC. The van der Waals surface area contributed by atoms with Gasteiger partial charge >= 0.3 is 11.9 Å². The van der Waals surface area contributed by atoms with Crippen LogP contribution in [0.25, 0.3) is 0 Å². The van der Waals surface area contributed by atoms with E-state index >= 15 is 0 Å². The number of ether oxygens (including phenoxy) is 4. The molecule has 2 atom stereocenters. The summed E-state index contributed by atoms with van der Waals surface area (Å²) in [6.07, 6.45) is 0.0512. The van der Waals surface area contributed by atoms with Gasteiger partial charge < -0.3 is 24.3 Å². The molecule has 0 bridgehead atoms. The van der Waals surface area contributed by atoms with Crippen LogP contribution in [-0.2, 0) is 23.9 Å². The summed E-state index contributed by atoms with van der Waals surface area (Å²) in [5.41, 5.74) is 0. The number of thioether (sulfide) groups is 1. The number of hydrogen-bond donors (Lipinski definition) is 1. The Bertz CT molecular complexity index is 723. The molecule has 0 saturated heterocycles. The van der Waals surface area contributed by atoms with Crippen molar-refractivity contribution in [2.24, 2.45) is 5.92 Å². The molecule has 10 nitrogen and oxygen atoms in total. The molecule has 1 unspecified atom stereocenters. The minimum atomic E-state index is -0.973. The van der Waals surface area contributed by atoms with Gasteiger partial charge in [0, 0.05) is 6.42 Å². The maximum atomic E-state index is 13.0. The summed E-state index contributed by atoms with van der Waals surface area (Å²) in [7, 11) is 2.94. The number of esters is 2. The highest BCUT2D eigenvalue weighted by Gasteiger charge is 2.30. The quantitative estimate of drug-likeness (QED) is 0.267. The van der Waals surface area contributed by atoms with Crippen molar-refractivity contribution in [3.05, 3.63) is 6.07 Å². The number of hydrogen-bond acceptors (Lipinski definition) is 10. The summed E-state index contributed by atoms with van der Waals surface area (Å²) in [5, 5.41) is 2.38. The number of nitrogens with one attached hydrogen (secondary N) is 1. The van der Waals surface area contributed by atoms with Gasteiger partial charge in [-0.1, -0.05) is 25.6 Å². The number of rotatable bonds is 13. The summed E-state index contributed by atoms with van der Waals surface area (Å²) in [6, 6.07) is 0.556. The zero-order valence-electron chi connectivity index (χ0n) is 18.8. The Morgan fingerprint density at radius 2 is 1.61 bits per heavy atom. The lowest BCUT2D eigenvalue weighted by molar-refractivity contribution is -0.148. The molecule has 0 fully saturated rings. The molecule has 31 heavy (non-hydrogen) atoms. The van der Waals surface area contributed by atoms with E-state index in [9.17, 15) is 14.4 Å². The Morgan fingerprint density at radius 1 is 1.03 bits per heavy atom. The highest BCUT2D eigenvalue weighted by Crippen LogP contribution is 2.29. The van der Waals surface area contributed by atoms with Crippen LogP contribution in [0.15, 0.2) is 11.2 Å². The second-order valence-corrected chi connectivity index (χ2v) is 7.78. The van der Waals surface area contributed by atoms with Gasteiger partial charge in [0.1, 0.15) is 6.04 Å². The van der Waals surface area contributed by atoms with E-state index in [1.165, 1.54) is 20.3 Å². The Hall–Kier alpha value is -2.56. The number of carbonyl (C=O) groups is 3. The molecule has 1 heterocycles. The summed E-state index contributed by atoms with van der Waals surface area (Å²) in [6.45, 7) is 7.50. The minimum absolute atomic E-state index is 0.0206. The number of carbonyl (C=O) groups excluding carboxylic acids is 3. The normalized spacial score (nSPS) is 12.6. The van der Waals surface area contributed by atoms with Crippen LogP contribution < -0.4 is 14.8 Å². The first-order valence-electron chi connectivity index (χ1n) is 10.0. The van der Waals surface area contributed by atoms with Gasteiger partial charge in [0.15, 0.2) is 5.16 Å². The van der Waals surface area contributed by atoms with Crippen LogP contribution in [0.5, 0.6) is 11.8 Å². The highest BCUT2D eigenvalue weighted by atomic mass is 32.2. The van der Waals surface area contributed by atoms with Crippen molar-refractivity contribution in [3.8, 4) is 11.8 Å². The largest absolute Gasteiger partial charge is 0.481 e. The Morgan fingerprint density at radius 3 is 2.10 bits per heavy atom. The minimum Gasteiger partial charge on any atom is -0.481 e. The fourth-order valence-electron chi connectivity index (χ4n) is 2.49. The second-order valence-electron chi connectivity index (χ2n) is 6.67. The molecule has 1 aromatic rings. The first-order valence-corrected chi connectivity index (χ1v) is 10.9. The summed E-state index contributed by atoms with van der Waals surface area (Å²) >= 11 is 1.13. The van der Waals surface area contributed by atoms with Crippen LogP contribution in [0.4, 0.5) is 0 Å². The van der Waals surface area contributed by atoms with E-state index in [2.05, 4.69) is 15.3 Å². The van der Waals surface area contributed by atoms with Crippen LogP contribution in [0.2, 0.25) is 0 Å². The van der Waals surface area contributed by atoms with Gasteiger partial charge in [-0.05, 0) is 26.2 Å². The van der Waals surface area contributed by atoms with Gasteiger partial charge in [0.2, 0.25) is 17.7 Å². The maximum absolute atomic E-state index is 13.0. The fraction of sp³-hybridized carbons (Fsp3) is 0.650. The number of amides is 1. The third-order valence-electron chi connectivity index (χ3n) is 4.00. The zero-order chi connectivity index (χ0) is 23.4. The molecule has 0 aromatic carbocycles. The summed E-state index contributed by atoms with van der Waals surface area (Å²) in [5.74, 6) is -0.956. The number of methoxy groups -OCH3 is 2. The average molecular weight is 458 g/mol. The van der Waals surface area contributed by atoms with Gasteiger partial charge in [0.25, 0.3) is 0 Å². The average Bonchev–Trinajstić information content (AvgIpc) is 2.74. The number of aromatic nitrogens is 2. The lowest BCUT2D eigenvalue weighted by Crippen LogP contribution is -2.47. The maximum Gasteiger partial charge on any atom is 0.328 e. The number of nitrogens with zero attached hydrogens (tertiary/aromatic N) is 2. The predicted octanol–water partition coefficient (Wildman–Crippen LogP) is 2.00. The standard InChI is InChI=1S/C20H31N3O7S/c1-7-29-16(24)10-9-13(19(26)30-8-2)21-18(25)17(12(3)4)31-20-22-14(27-5)11-15(23-20)28-6/h11-13,17H,7-10H2,1-6H3,(H,21,25)/t13-,17?/m0/s1. The molecule has 0 spiro atoms. The lowest BCUT2D eigenvalue weighted by atomic mass is 10.1. The van der Waals surface area contributed by atoms with E-state index in [1.54, 1.807) is 13.8 Å². The molecule has 0 saturated carbocycles. The van der Waals surface area contributed by atoms with Crippen molar-refractivity contribution in [2.45, 2.75) is 57.0 Å². The summed E-state index contributed by atoms with van der Waals surface area (Å²) < 4.78 is 20.2. The molecular weight excluding hydrogens is 426 g/mol. The first kappa shape index (κ1) is 26.5. The molecule has 1 N–H and O–H groups in total. The van der Waals surface area contributed by atoms with Crippen molar-refractivity contribution in [2.75, 3.05) is 27.4 Å². The first-order chi connectivity index (χ1) is 14.7. The van der Waals surface area contributed by atoms with Gasteiger partial charge in [0.05, 0.1) is 38.7 Å². The lowest BCUT2D eigenvalue weighted by Gasteiger charge is -2.23. The third-order valence-corrected chi connectivity index (χ3v) is 5.41. The molecule has 1 rings (SSSR count). The monoisotopic (exact) mass is 457 g/mol. The molecule has 11 heteroatoms. The highest BCUT2D eigenvalue weighted by molar-refractivity contribution is 8.00. The molecule has 1 amide bonds. The van der Waals surface area contributed by atoms with Crippen LogP contribution >= 0.6 is 11.8 Å². The molecule has 0 aliphatic heterocycles.